The van der Waals surface area contributed by atoms with Crippen molar-refractivity contribution >= 4 is 29.2 Å². The molecule has 0 unspecified atom stereocenters. The molecule has 1 aromatic heterocycles. The monoisotopic (exact) mass is 371 g/mol. The van der Waals surface area contributed by atoms with Gasteiger partial charge in [0, 0.05) is 45.5 Å². The van der Waals surface area contributed by atoms with E-state index in [0.717, 1.165) is 36.7 Å². The lowest BCUT2D eigenvalue weighted by molar-refractivity contribution is 0.256. The van der Waals surface area contributed by atoms with Gasteiger partial charge in [0.25, 0.3) is 0 Å². The van der Waals surface area contributed by atoms with E-state index in [-0.39, 0.29) is 0 Å². The van der Waals surface area contributed by atoms with Crippen molar-refractivity contribution in [2.45, 2.75) is 38.3 Å². The van der Waals surface area contributed by atoms with Gasteiger partial charge in [-0.1, -0.05) is 23.2 Å². The molecule has 2 aliphatic rings. The highest BCUT2D eigenvalue weighted by Crippen LogP contribution is 2.34. The maximum Gasteiger partial charge on any atom is 0.191 e. The van der Waals surface area contributed by atoms with Crippen LogP contribution >= 0.6 is 23.2 Å². The van der Waals surface area contributed by atoms with Crippen LogP contribution < -0.4 is 10.6 Å². The van der Waals surface area contributed by atoms with Gasteiger partial charge in [-0.15, -0.1) is 0 Å². The van der Waals surface area contributed by atoms with Crippen LogP contribution in [0.2, 0.25) is 10.2 Å². The topological polar surface area (TPSA) is 44.6 Å². The molecule has 0 aliphatic heterocycles. The van der Waals surface area contributed by atoms with Crippen LogP contribution in [0.3, 0.4) is 0 Å². The van der Waals surface area contributed by atoms with E-state index in [2.05, 4.69) is 20.5 Å². The molecule has 1 aromatic rings. The molecule has 2 saturated carbocycles. The van der Waals surface area contributed by atoms with Crippen LogP contribution in [0, 0.1) is 5.92 Å². The number of hydrogen-bond donors (Lipinski definition) is 2. The predicted molar refractivity (Wildman–Crippen MR) is 101 cm³/mol. The van der Waals surface area contributed by atoms with Crippen LogP contribution in [-0.2, 0) is 13.6 Å². The van der Waals surface area contributed by atoms with Gasteiger partial charge >= 0.3 is 0 Å². The van der Waals surface area contributed by atoms with E-state index in [4.69, 9.17) is 23.2 Å². The largest absolute Gasteiger partial charge is 0.355 e. The fraction of sp³-hybridized carbons (Fsp3) is 0.706. The number of nitrogens with zero attached hydrogens (tertiary/aromatic N) is 3. The summed E-state index contributed by atoms with van der Waals surface area (Å²) in [6, 6.07) is 2.71. The number of aromatic nitrogens is 1. The summed E-state index contributed by atoms with van der Waals surface area (Å²) in [7, 11) is 3.70. The highest BCUT2D eigenvalue weighted by atomic mass is 35.5. The number of guanidine groups is 1. The minimum atomic E-state index is 0.566. The van der Waals surface area contributed by atoms with E-state index in [1.165, 1.54) is 32.2 Å². The van der Waals surface area contributed by atoms with Crippen molar-refractivity contribution in [2.24, 2.45) is 18.0 Å². The van der Waals surface area contributed by atoms with Gasteiger partial charge in [-0.25, -0.2) is 0 Å². The molecular formula is C17H27Cl2N5. The molecule has 1 heterocycles. The lowest BCUT2D eigenvalue weighted by Gasteiger charge is -2.22. The summed E-state index contributed by atoms with van der Waals surface area (Å²) < 4.78 is 1.88. The first-order chi connectivity index (χ1) is 11.6. The number of hydrogen-bond acceptors (Lipinski definition) is 2. The van der Waals surface area contributed by atoms with Gasteiger partial charge in [0.2, 0.25) is 0 Å². The average molecular weight is 372 g/mol. The van der Waals surface area contributed by atoms with Crippen LogP contribution in [0.15, 0.2) is 11.1 Å². The second-order valence-corrected chi connectivity index (χ2v) is 7.62. The zero-order valence-corrected chi connectivity index (χ0v) is 16.0. The minimum absolute atomic E-state index is 0.566. The van der Waals surface area contributed by atoms with Gasteiger partial charge in [-0.3, -0.25) is 9.89 Å². The quantitative estimate of drug-likeness (QED) is 0.545. The van der Waals surface area contributed by atoms with E-state index in [1.807, 2.05) is 17.7 Å². The molecule has 0 bridgehead atoms. The SMILES string of the molecule is CN=C(NCCN(CC1CC1)C1CC1)NCc1cc(Cl)c(Cl)n1C. The molecule has 2 aliphatic carbocycles. The highest BCUT2D eigenvalue weighted by molar-refractivity contribution is 6.41. The average Bonchev–Trinajstić information content (AvgIpc) is 3.46. The third-order valence-electron chi connectivity index (χ3n) is 4.82. The standard InChI is InChI=1S/C17H27Cl2N5/c1-20-17(22-10-14-9-15(18)16(19)23(14)2)21-7-8-24(13-5-6-13)11-12-3-4-12/h9,12-13H,3-8,10-11H2,1-2H3,(H2,20,21,22). The number of aliphatic imine (C=N–C) groups is 1. The van der Waals surface area contributed by atoms with Crippen LogP contribution in [0.5, 0.6) is 0 Å². The van der Waals surface area contributed by atoms with Gasteiger partial charge in [-0.05, 0) is 37.7 Å². The Labute approximate surface area is 154 Å². The third kappa shape index (κ3) is 4.80. The molecule has 0 amide bonds. The summed E-state index contributed by atoms with van der Waals surface area (Å²) in [5, 5.41) is 7.88. The van der Waals surface area contributed by atoms with Crippen molar-refractivity contribution in [1.29, 1.82) is 0 Å². The normalized spacial score (nSPS) is 18.3. The molecule has 0 atom stereocenters. The Morgan fingerprint density at radius 3 is 2.58 bits per heavy atom. The molecule has 2 fully saturated rings. The van der Waals surface area contributed by atoms with Gasteiger partial charge in [0.15, 0.2) is 5.96 Å². The molecule has 3 rings (SSSR count). The van der Waals surface area contributed by atoms with E-state index in [0.29, 0.717) is 16.7 Å². The summed E-state index contributed by atoms with van der Waals surface area (Å²) in [4.78, 5) is 6.94. The first-order valence-corrected chi connectivity index (χ1v) is 9.52. The van der Waals surface area contributed by atoms with Gasteiger partial charge in [0.1, 0.15) is 5.15 Å². The van der Waals surface area contributed by atoms with Crippen molar-refractivity contribution in [2.75, 3.05) is 26.7 Å². The molecule has 134 valence electrons. The minimum Gasteiger partial charge on any atom is -0.355 e. The Kier molecular flexibility index (Phi) is 5.95. The molecule has 24 heavy (non-hydrogen) atoms. The fourth-order valence-corrected chi connectivity index (χ4v) is 3.38. The van der Waals surface area contributed by atoms with E-state index in [9.17, 15) is 0 Å². The summed E-state index contributed by atoms with van der Waals surface area (Å²) in [5.74, 6) is 1.76. The summed E-state index contributed by atoms with van der Waals surface area (Å²) in [6.07, 6.45) is 5.58. The maximum absolute atomic E-state index is 6.10. The number of nitrogens with one attached hydrogen (secondary N) is 2. The van der Waals surface area contributed by atoms with Crippen molar-refractivity contribution in [3.8, 4) is 0 Å². The first kappa shape index (κ1) is 17.9. The second kappa shape index (κ2) is 7.98. The Bertz CT molecular complexity index is 590. The van der Waals surface area contributed by atoms with Crippen LogP contribution in [0.4, 0.5) is 0 Å². The molecule has 0 aromatic carbocycles. The molecular weight excluding hydrogens is 345 g/mol. The Hall–Kier alpha value is -0.910. The Balaban J connectivity index is 1.42. The van der Waals surface area contributed by atoms with E-state index in [1.54, 1.807) is 7.05 Å². The summed E-state index contributed by atoms with van der Waals surface area (Å²) in [6.45, 7) is 3.91. The van der Waals surface area contributed by atoms with E-state index >= 15 is 0 Å². The Morgan fingerprint density at radius 2 is 2.04 bits per heavy atom. The zero-order chi connectivity index (χ0) is 17.1. The van der Waals surface area contributed by atoms with Gasteiger partial charge in [-0.2, -0.15) is 0 Å². The Morgan fingerprint density at radius 1 is 1.29 bits per heavy atom. The third-order valence-corrected chi connectivity index (χ3v) is 5.66. The summed E-state index contributed by atoms with van der Waals surface area (Å²) >= 11 is 12.2. The van der Waals surface area contributed by atoms with Crippen molar-refractivity contribution < 1.29 is 0 Å². The maximum atomic E-state index is 6.10. The van der Waals surface area contributed by atoms with Gasteiger partial charge < -0.3 is 15.2 Å². The first-order valence-electron chi connectivity index (χ1n) is 8.76. The molecule has 5 nitrogen and oxygen atoms in total. The number of halogens is 2. The number of rotatable bonds is 8. The van der Waals surface area contributed by atoms with Crippen molar-refractivity contribution in [3.63, 3.8) is 0 Å². The lowest BCUT2D eigenvalue weighted by atomic mass is 10.3. The smallest absolute Gasteiger partial charge is 0.191 e. The van der Waals surface area contributed by atoms with Crippen LogP contribution in [-0.4, -0.2) is 48.2 Å². The molecule has 0 spiro atoms. The molecule has 0 radical (unpaired) electrons. The van der Waals surface area contributed by atoms with Crippen LogP contribution in [0.1, 0.15) is 31.4 Å². The fourth-order valence-electron chi connectivity index (χ4n) is 2.97. The van der Waals surface area contributed by atoms with E-state index < -0.39 is 0 Å². The molecule has 0 saturated heterocycles. The summed E-state index contributed by atoms with van der Waals surface area (Å²) in [5.41, 5.74) is 1.03. The van der Waals surface area contributed by atoms with Crippen molar-refractivity contribution in [1.82, 2.24) is 20.1 Å². The lowest BCUT2D eigenvalue weighted by Crippen LogP contribution is -2.42. The van der Waals surface area contributed by atoms with Gasteiger partial charge in [0.05, 0.1) is 11.6 Å². The van der Waals surface area contributed by atoms with Crippen LogP contribution in [0.25, 0.3) is 0 Å². The van der Waals surface area contributed by atoms with Crippen molar-refractivity contribution in [3.05, 3.63) is 21.9 Å². The zero-order valence-electron chi connectivity index (χ0n) is 14.5. The molecule has 7 heteroatoms. The molecule has 2 N–H and O–H groups in total. The predicted octanol–water partition coefficient (Wildman–Crippen LogP) is 2.87. The second-order valence-electron chi connectivity index (χ2n) is 6.86. The highest BCUT2D eigenvalue weighted by Gasteiger charge is 2.33.